The third-order valence-corrected chi connectivity index (χ3v) is 3.18. The van der Waals surface area contributed by atoms with Crippen LogP contribution in [0.4, 0.5) is 5.69 Å². The Labute approximate surface area is 114 Å². The number of hydrogen-bond donors (Lipinski definition) is 2. The van der Waals surface area contributed by atoms with Gasteiger partial charge in [0.25, 0.3) is 5.91 Å². The second-order valence-corrected chi connectivity index (χ2v) is 4.48. The number of hydrogen-bond acceptors (Lipinski definition) is 2. The highest BCUT2D eigenvalue weighted by atomic mass is 35.5. The molecule has 4 nitrogen and oxygen atoms in total. The minimum atomic E-state index is -0.237. The molecule has 0 aliphatic rings. The van der Waals surface area contributed by atoms with Gasteiger partial charge >= 0.3 is 0 Å². The maximum Gasteiger partial charge on any atom is 0.257 e. The molecule has 3 aromatic rings. The third kappa shape index (κ3) is 2.18. The largest absolute Gasteiger partial charge is 0.321 e. The number of fused-ring (bicyclic) bond motifs is 1. The molecule has 0 saturated heterocycles. The monoisotopic (exact) mass is 271 g/mol. The summed E-state index contributed by atoms with van der Waals surface area (Å²) in [5, 5.41) is 11.0. The minimum absolute atomic E-state index is 0.237. The van der Waals surface area contributed by atoms with Crippen LogP contribution in [-0.2, 0) is 0 Å². The van der Waals surface area contributed by atoms with Crippen LogP contribution in [-0.4, -0.2) is 16.1 Å². The lowest BCUT2D eigenvalue weighted by molar-refractivity contribution is 0.102. The van der Waals surface area contributed by atoms with Gasteiger partial charge in [-0.3, -0.25) is 9.89 Å². The molecule has 0 spiro atoms. The first-order valence-electron chi connectivity index (χ1n) is 5.73. The Kier molecular flexibility index (Phi) is 2.93. The Morgan fingerprint density at radius 2 is 2.00 bits per heavy atom. The highest BCUT2D eigenvalue weighted by molar-refractivity contribution is 6.34. The summed E-state index contributed by atoms with van der Waals surface area (Å²) in [7, 11) is 0. The van der Waals surface area contributed by atoms with Gasteiger partial charge in [0.05, 0.1) is 28.0 Å². The number of H-pyrrole nitrogens is 1. The SMILES string of the molecule is O=C(Nc1cccc2[nH]ncc12)c1ccccc1Cl. The van der Waals surface area contributed by atoms with Gasteiger partial charge in [0, 0.05) is 5.39 Å². The molecular formula is C14H10ClN3O. The summed E-state index contributed by atoms with van der Waals surface area (Å²) >= 11 is 6.00. The standard InChI is InChI=1S/C14H10ClN3O/c15-11-5-2-1-4-9(11)14(19)17-12-6-3-7-13-10(12)8-16-18-13/h1-8H,(H,16,18)(H,17,19). The quantitative estimate of drug-likeness (QED) is 0.750. The van der Waals surface area contributed by atoms with Crippen molar-refractivity contribution in [2.45, 2.75) is 0 Å². The number of amides is 1. The highest BCUT2D eigenvalue weighted by Gasteiger charge is 2.11. The molecule has 3 rings (SSSR count). The molecule has 5 heteroatoms. The summed E-state index contributed by atoms with van der Waals surface area (Å²) in [5.74, 6) is -0.237. The number of anilines is 1. The van der Waals surface area contributed by atoms with Gasteiger partial charge in [-0.25, -0.2) is 0 Å². The van der Waals surface area contributed by atoms with Crippen molar-refractivity contribution >= 4 is 34.1 Å². The smallest absolute Gasteiger partial charge is 0.257 e. The Morgan fingerprint density at radius 3 is 2.84 bits per heavy atom. The van der Waals surface area contributed by atoms with E-state index in [4.69, 9.17) is 11.6 Å². The van der Waals surface area contributed by atoms with Crippen molar-refractivity contribution in [3.63, 3.8) is 0 Å². The topological polar surface area (TPSA) is 57.8 Å². The van der Waals surface area contributed by atoms with Crippen molar-refractivity contribution in [1.29, 1.82) is 0 Å². The number of rotatable bonds is 2. The molecule has 0 fully saturated rings. The summed E-state index contributed by atoms with van der Waals surface area (Å²) in [6.07, 6.45) is 1.68. The van der Waals surface area contributed by atoms with Crippen molar-refractivity contribution in [3.05, 3.63) is 59.2 Å². The summed E-state index contributed by atoms with van der Waals surface area (Å²) in [4.78, 5) is 12.2. The molecule has 0 bridgehead atoms. The van der Waals surface area contributed by atoms with Crippen LogP contribution >= 0.6 is 11.6 Å². The summed E-state index contributed by atoms with van der Waals surface area (Å²) in [5.41, 5.74) is 2.03. The lowest BCUT2D eigenvalue weighted by atomic mass is 10.2. The van der Waals surface area contributed by atoms with Gasteiger partial charge in [-0.2, -0.15) is 5.10 Å². The fraction of sp³-hybridized carbons (Fsp3) is 0. The number of nitrogens with one attached hydrogen (secondary N) is 2. The van der Waals surface area contributed by atoms with Gasteiger partial charge in [-0.05, 0) is 24.3 Å². The van der Waals surface area contributed by atoms with Crippen molar-refractivity contribution in [2.75, 3.05) is 5.32 Å². The fourth-order valence-electron chi connectivity index (χ4n) is 1.91. The van der Waals surface area contributed by atoms with E-state index in [0.29, 0.717) is 16.3 Å². The van der Waals surface area contributed by atoms with Crippen LogP contribution in [0.15, 0.2) is 48.7 Å². The predicted octanol–water partition coefficient (Wildman–Crippen LogP) is 3.47. The molecule has 0 aliphatic carbocycles. The van der Waals surface area contributed by atoms with Gasteiger partial charge in [-0.1, -0.05) is 29.8 Å². The Balaban J connectivity index is 1.95. The molecule has 0 atom stereocenters. The Hall–Kier alpha value is -2.33. The van der Waals surface area contributed by atoms with Gasteiger partial charge in [-0.15, -0.1) is 0 Å². The van der Waals surface area contributed by atoms with E-state index in [1.54, 1.807) is 30.5 Å². The molecule has 0 radical (unpaired) electrons. The lowest BCUT2D eigenvalue weighted by Gasteiger charge is -2.07. The first kappa shape index (κ1) is 11.7. The second kappa shape index (κ2) is 4.74. The van der Waals surface area contributed by atoms with E-state index in [9.17, 15) is 4.79 Å². The number of nitrogens with zero attached hydrogens (tertiary/aromatic N) is 1. The number of carbonyl (C=O) groups excluding carboxylic acids is 1. The van der Waals surface area contributed by atoms with Gasteiger partial charge < -0.3 is 5.32 Å². The maximum atomic E-state index is 12.2. The van der Waals surface area contributed by atoms with Crippen molar-refractivity contribution in [1.82, 2.24) is 10.2 Å². The van der Waals surface area contributed by atoms with Crippen LogP contribution in [0.2, 0.25) is 5.02 Å². The molecule has 94 valence electrons. The lowest BCUT2D eigenvalue weighted by Crippen LogP contribution is -2.12. The molecule has 0 unspecified atom stereocenters. The average molecular weight is 272 g/mol. The van der Waals surface area contributed by atoms with Crippen LogP contribution in [0.3, 0.4) is 0 Å². The van der Waals surface area contributed by atoms with Crippen LogP contribution in [0.25, 0.3) is 10.9 Å². The van der Waals surface area contributed by atoms with E-state index in [0.717, 1.165) is 10.9 Å². The first-order chi connectivity index (χ1) is 9.25. The summed E-state index contributed by atoms with van der Waals surface area (Å²) in [6.45, 7) is 0. The van der Waals surface area contributed by atoms with E-state index in [2.05, 4.69) is 15.5 Å². The molecule has 2 aromatic carbocycles. The minimum Gasteiger partial charge on any atom is -0.321 e. The van der Waals surface area contributed by atoms with Crippen LogP contribution < -0.4 is 5.32 Å². The zero-order valence-corrected chi connectivity index (χ0v) is 10.6. The number of carbonyl (C=O) groups is 1. The van der Waals surface area contributed by atoms with E-state index in [1.165, 1.54) is 0 Å². The van der Waals surface area contributed by atoms with Crippen LogP contribution in [0.1, 0.15) is 10.4 Å². The molecule has 2 N–H and O–H groups in total. The highest BCUT2D eigenvalue weighted by Crippen LogP contribution is 2.23. The molecule has 1 amide bonds. The molecule has 1 heterocycles. The Bertz CT molecular complexity index is 751. The number of halogens is 1. The number of aromatic nitrogens is 2. The first-order valence-corrected chi connectivity index (χ1v) is 6.11. The molecule has 0 saturated carbocycles. The normalized spacial score (nSPS) is 10.6. The number of aromatic amines is 1. The van der Waals surface area contributed by atoms with Gasteiger partial charge in [0.1, 0.15) is 0 Å². The van der Waals surface area contributed by atoms with Crippen LogP contribution in [0.5, 0.6) is 0 Å². The number of benzene rings is 2. The van der Waals surface area contributed by atoms with Crippen molar-refractivity contribution < 1.29 is 4.79 Å². The van der Waals surface area contributed by atoms with Gasteiger partial charge in [0.15, 0.2) is 0 Å². The molecule has 0 aliphatic heterocycles. The van der Waals surface area contributed by atoms with E-state index in [1.807, 2.05) is 18.2 Å². The van der Waals surface area contributed by atoms with Gasteiger partial charge in [0.2, 0.25) is 0 Å². The van der Waals surface area contributed by atoms with Crippen molar-refractivity contribution in [2.24, 2.45) is 0 Å². The Morgan fingerprint density at radius 1 is 1.16 bits per heavy atom. The molecule has 1 aromatic heterocycles. The summed E-state index contributed by atoms with van der Waals surface area (Å²) < 4.78 is 0. The fourth-order valence-corrected chi connectivity index (χ4v) is 2.13. The van der Waals surface area contributed by atoms with E-state index >= 15 is 0 Å². The van der Waals surface area contributed by atoms with Crippen LogP contribution in [0, 0.1) is 0 Å². The third-order valence-electron chi connectivity index (χ3n) is 2.85. The van der Waals surface area contributed by atoms with E-state index < -0.39 is 0 Å². The maximum absolute atomic E-state index is 12.2. The predicted molar refractivity (Wildman–Crippen MR) is 75.5 cm³/mol. The average Bonchev–Trinajstić information content (AvgIpc) is 2.88. The zero-order valence-electron chi connectivity index (χ0n) is 9.85. The molecular weight excluding hydrogens is 262 g/mol. The van der Waals surface area contributed by atoms with Crippen molar-refractivity contribution in [3.8, 4) is 0 Å². The summed E-state index contributed by atoms with van der Waals surface area (Å²) in [6, 6.07) is 12.5. The van der Waals surface area contributed by atoms with E-state index in [-0.39, 0.29) is 5.91 Å². The zero-order chi connectivity index (χ0) is 13.2. The second-order valence-electron chi connectivity index (χ2n) is 4.07. The molecule has 19 heavy (non-hydrogen) atoms.